The van der Waals surface area contributed by atoms with Gasteiger partial charge in [-0.05, 0) is 12.8 Å². The lowest BCUT2D eigenvalue weighted by molar-refractivity contribution is -0.130. The highest BCUT2D eigenvalue weighted by atomic mass is 35.5. The van der Waals surface area contributed by atoms with Crippen LogP contribution in [0, 0.1) is 17.2 Å². The number of alkyl halides is 1. The van der Waals surface area contributed by atoms with Gasteiger partial charge in [-0.15, -0.1) is 11.6 Å². The van der Waals surface area contributed by atoms with Gasteiger partial charge < -0.3 is 4.90 Å². The zero-order valence-corrected chi connectivity index (χ0v) is 9.71. The normalized spacial score (nSPS) is 12.3. The summed E-state index contributed by atoms with van der Waals surface area (Å²) in [4.78, 5) is 13.2. The van der Waals surface area contributed by atoms with Gasteiger partial charge in [-0.1, -0.05) is 13.8 Å². The van der Waals surface area contributed by atoms with E-state index in [1.54, 1.807) is 11.8 Å². The fraction of sp³-hybridized carbons (Fsp3) is 0.800. The van der Waals surface area contributed by atoms with Gasteiger partial charge in [-0.2, -0.15) is 5.26 Å². The van der Waals surface area contributed by atoms with Crippen LogP contribution in [0.25, 0.3) is 0 Å². The van der Waals surface area contributed by atoms with Gasteiger partial charge in [-0.25, -0.2) is 0 Å². The summed E-state index contributed by atoms with van der Waals surface area (Å²) in [7, 11) is 0. The Hall–Kier alpha value is -0.750. The second-order valence-electron chi connectivity index (χ2n) is 3.70. The molecule has 1 atom stereocenters. The summed E-state index contributed by atoms with van der Waals surface area (Å²) in [5.41, 5.74) is 0. The molecule has 0 aliphatic carbocycles. The van der Waals surface area contributed by atoms with E-state index in [4.69, 9.17) is 16.9 Å². The van der Waals surface area contributed by atoms with Gasteiger partial charge >= 0.3 is 0 Å². The van der Waals surface area contributed by atoms with Gasteiger partial charge in [-0.3, -0.25) is 4.79 Å². The minimum Gasteiger partial charge on any atom is -0.340 e. The molecule has 0 fully saturated rings. The standard InChI is InChI=1S/C10H17ClN2O/c1-8(2)7-13(6-4-5-12)10(14)9(3)11/h8-9H,4,6-7H2,1-3H3. The Balaban J connectivity index is 4.24. The monoisotopic (exact) mass is 216 g/mol. The first-order chi connectivity index (χ1) is 6.49. The average molecular weight is 217 g/mol. The largest absolute Gasteiger partial charge is 0.340 e. The molecule has 0 N–H and O–H groups in total. The van der Waals surface area contributed by atoms with Crippen molar-refractivity contribution in [3.8, 4) is 6.07 Å². The first kappa shape index (κ1) is 13.2. The van der Waals surface area contributed by atoms with Crippen LogP contribution in [0.15, 0.2) is 0 Å². The molecule has 14 heavy (non-hydrogen) atoms. The van der Waals surface area contributed by atoms with Crippen molar-refractivity contribution in [2.24, 2.45) is 5.92 Å². The number of nitrogens with zero attached hydrogens (tertiary/aromatic N) is 2. The Morgan fingerprint density at radius 1 is 1.50 bits per heavy atom. The summed E-state index contributed by atoms with van der Waals surface area (Å²) in [5.74, 6) is 0.309. The number of nitriles is 1. The lowest BCUT2D eigenvalue weighted by Gasteiger charge is -2.24. The Labute approximate surface area is 90.6 Å². The van der Waals surface area contributed by atoms with Crippen molar-refractivity contribution in [1.29, 1.82) is 5.26 Å². The molecule has 0 aromatic rings. The van der Waals surface area contributed by atoms with E-state index in [0.717, 1.165) is 0 Å². The number of halogens is 1. The smallest absolute Gasteiger partial charge is 0.240 e. The van der Waals surface area contributed by atoms with Crippen molar-refractivity contribution in [2.75, 3.05) is 13.1 Å². The van der Waals surface area contributed by atoms with E-state index in [1.165, 1.54) is 0 Å². The van der Waals surface area contributed by atoms with Crippen LogP contribution in [0.3, 0.4) is 0 Å². The summed E-state index contributed by atoms with van der Waals surface area (Å²) < 4.78 is 0. The Morgan fingerprint density at radius 2 is 2.07 bits per heavy atom. The molecule has 80 valence electrons. The fourth-order valence-corrected chi connectivity index (χ4v) is 1.31. The Kier molecular flexibility index (Phi) is 6.31. The molecule has 4 heteroatoms. The molecule has 0 spiro atoms. The third-order valence-corrected chi connectivity index (χ3v) is 1.92. The predicted molar refractivity (Wildman–Crippen MR) is 57.0 cm³/mol. The predicted octanol–water partition coefficient (Wildman–Crippen LogP) is 2.01. The number of rotatable bonds is 5. The van der Waals surface area contributed by atoms with Crippen LogP contribution in [0.1, 0.15) is 27.2 Å². The van der Waals surface area contributed by atoms with Crippen molar-refractivity contribution < 1.29 is 4.79 Å². The number of hydrogen-bond acceptors (Lipinski definition) is 2. The third kappa shape index (κ3) is 5.08. The fourth-order valence-electron chi connectivity index (χ4n) is 1.17. The van der Waals surface area contributed by atoms with Crippen LogP contribution >= 0.6 is 11.6 Å². The molecule has 3 nitrogen and oxygen atoms in total. The second-order valence-corrected chi connectivity index (χ2v) is 4.36. The van der Waals surface area contributed by atoms with Crippen molar-refractivity contribution in [1.82, 2.24) is 4.90 Å². The minimum atomic E-state index is -0.507. The molecule has 0 rings (SSSR count). The first-order valence-electron chi connectivity index (χ1n) is 4.78. The van der Waals surface area contributed by atoms with Crippen molar-refractivity contribution in [2.45, 2.75) is 32.6 Å². The highest BCUT2D eigenvalue weighted by Crippen LogP contribution is 2.06. The maximum atomic E-state index is 11.6. The van der Waals surface area contributed by atoms with E-state index in [2.05, 4.69) is 0 Å². The van der Waals surface area contributed by atoms with Crippen LogP contribution in [0.2, 0.25) is 0 Å². The van der Waals surface area contributed by atoms with Gasteiger partial charge in [0.05, 0.1) is 12.5 Å². The van der Waals surface area contributed by atoms with E-state index < -0.39 is 5.38 Å². The van der Waals surface area contributed by atoms with Crippen molar-refractivity contribution in [3.63, 3.8) is 0 Å². The van der Waals surface area contributed by atoms with E-state index in [1.807, 2.05) is 19.9 Å². The van der Waals surface area contributed by atoms with E-state index in [9.17, 15) is 4.79 Å². The maximum Gasteiger partial charge on any atom is 0.240 e. The molecular weight excluding hydrogens is 200 g/mol. The molecule has 0 aliphatic rings. The number of hydrogen-bond donors (Lipinski definition) is 0. The Morgan fingerprint density at radius 3 is 2.43 bits per heavy atom. The number of amides is 1. The van der Waals surface area contributed by atoms with Gasteiger partial charge in [0.2, 0.25) is 5.91 Å². The quantitative estimate of drug-likeness (QED) is 0.660. The molecule has 1 amide bonds. The summed E-state index contributed by atoms with van der Waals surface area (Å²) in [6.45, 7) is 6.86. The van der Waals surface area contributed by atoms with Crippen LogP contribution in [0.5, 0.6) is 0 Å². The average Bonchev–Trinajstić information content (AvgIpc) is 2.10. The van der Waals surface area contributed by atoms with Crippen LogP contribution < -0.4 is 0 Å². The van der Waals surface area contributed by atoms with Gasteiger partial charge in [0, 0.05) is 13.1 Å². The van der Waals surface area contributed by atoms with E-state index >= 15 is 0 Å². The molecule has 0 saturated heterocycles. The van der Waals surface area contributed by atoms with Crippen molar-refractivity contribution >= 4 is 17.5 Å². The molecule has 0 aromatic heterocycles. The summed E-state index contributed by atoms with van der Waals surface area (Å²) in [6.07, 6.45) is 0.363. The zero-order chi connectivity index (χ0) is 11.1. The Bertz CT molecular complexity index is 221. The van der Waals surface area contributed by atoms with Gasteiger partial charge in [0.15, 0.2) is 0 Å². The summed E-state index contributed by atoms with van der Waals surface area (Å²) >= 11 is 5.71. The van der Waals surface area contributed by atoms with Crippen molar-refractivity contribution in [3.05, 3.63) is 0 Å². The number of carbonyl (C=O) groups is 1. The van der Waals surface area contributed by atoms with E-state index in [0.29, 0.717) is 25.4 Å². The maximum absolute atomic E-state index is 11.6. The SMILES string of the molecule is CC(C)CN(CCC#N)C(=O)C(C)Cl. The lowest BCUT2D eigenvalue weighted by Crippen LogP contribution is -2.38. The van der Waals surface area contributed by atoms with Gasteiger partial charge in [0.1, 0.15) is 5.38 Å². The lowest BCUT2D eigenvalue weighted by atomic mass is 10.2. The highest BCUT2D eigenvalue weighted by Gasteiger charge is 2.18. The minimum absolute atomic E-state index is 0.0874. The van der Waals surface area contributed by atoms with E-state index in [-0.39, 0.29) is 5.91 Å². The summed E-state index contributed by atoms with van der Waals surface area (Å²) in [5, 5.41) is 7.94. The van der Waals surface area contributed by atoms with Crippen LogP contribution in [0.4, 0.5) is 0 Å². The first-order valence-corrected chi connectivity index (χ1v) is 5.22. The zero-order valence-electron chi connectivity index (χ0n) is 8.96. The molecule has 0 heterocycles. The number of carbonyl (C=O) groups excluding carboxylic acids is 1. The molecule has 1 unspecified atom stereocenters. The van der Waals surface area contributed by atoms with Gasteiger partial charge in [0.25, 0.3) is 0 Å². The highest BCUT2D eigenvalue weighted by molar-refractivity contribution is 6.30. The molecular formula is C10H17ClN2O. The molecule has 0 bridgehead atoms. The molecule has 0 aromatic carbocycles. The molecule has 0 aliphatic heterocycles. The molecule has 0 saturated carbocycles. The second kappa shape index (κ2) is 6.67. The van der Waals surface area contributed by atoms with Crippen LogP contribution in [-0.2, 0) is 4.79 Å². The third-order valence-electron chi connectivity index (χ3n) is 1.73. The summed E-state index contributed by atoms with van der Waals surface area (Å²) in [6, 6.07) is 2.03. The topological polar surface area (TPSA) is 44.1 Å². The van der Waals surface area contributed by atoms with Crippen LogP contribution in [-0.4, -0.2) is 29.3 Å². The molecule has 0 radical (unpaired) electrons.